The van der Waals surface area contributed by atoms with Gasteiger partial charge in [0.1, 0.15) is 0 Å². The van der Waals surface area contributed by atoms with Crippen molar-refractivity contribution >= 4 is 35.3 Å². The Morgan fingerprint density at radius 2 is 1.82 bits per heavy atom. The van der Waals surface area contributed by atoms with Crippen LogP contribution < -0.4 is 5.32 Å². The number of hydrogen-bond acceptors (Lipinski definition) is 5. The Kier molecular flexibility index (Phi) is 5.09. The first kappa shape index (κ1) is 17.2. The maximum atomic E-state index is 12.8. The summed E-state index contributed by atoms with van der Waals surface area (Å²) >= 11 is 2.48. The molecule has 5 nitrogen and oxygen atoms in total. The van der Waals surface area contributed by atoms with E-state index in [-0.39, 0.29) is 11.8 Å². The van der Waals surface area contributed by atoms with Gasteiger partial charge in [0, 0.05) is 13.5 Å². The summed E-state index contributed by atoms with van der Waals surface area (Å²) in [6.07, 6.45) is 3.93. The van der Waals surface area contributed by atoms with Crippen molar-refractivity contribution in [1.82, 2.24) is 10.2 Å². The zero-order valence-corrected chi connectivity index (χ0v) is 14.5. The second-order valence-electron chi connectivity index (χ2n) is 5.16. The van der Waals surface area contributed by atoms with E-state index in [0.717, 1.165) is 17.3 Å². The van der Waals surface area contributed by atoms with Crippen LogP contribution in [0.2, 0.25) is 0 Å². The van der Waals surface area contributed by atoms with E-state index in [2.05, 4.69) is 5.32 Å². The van der Waals surface area contributed by atoms with E-state index < -0.39 is 16.3 Å². The number of hydrogen-bond donors (Lipinski definition) is 2. The predicted octanol–water partition coefficient (Wildman–Crippen LogP) is 0.928. The lowest BCUT2D eigenvalue weighted by molar-refractivity contribution is -0.152. The molecule has 0 saturated carbocycles. The van der Waals surface area contributed by atoms with E-state index in [1.165, 1.54) is 16.7 Å². The summed E-state index contributed by atoms with van der Waals surface area (Å²) in [4.78, 5) is 24.7. The lowest BCUT2D eigenvalue weighted by Gasteiger charge is -2.49. The quantitative estimate of drug-likeness (QED) is 0.834. The maximum absolute atomic E-state index is 12.8. The van der Waals surface area contributed by atoms with Crippen LogP contribution in [0.5, 0.6) is 0 Å². The Labute approximate surface area is 138 Å². The van der Waals surface area contributed by atoms with Gasteiger partial charge in [-0.2, -0.15) is 0 Å². The number of aliphatic hydroxyl groups is 1. The number of thioether (sulfide) groups is 2. The Balaban J connectivity index is 2.40. The fraction of sp³-hybridized carbons (Fsp3) is 0.467. The second-order valence-corrected chi connectivity index (χ2v) is 7.35. The molecule has 2 amide bonds. The van der Waals surface area contributed by atoms with Gasteiger partial charge in [-0.05, 0) is 18.1 Å². The summed E-state index contributed by atoms with van der Waals surface area (Å²) in [7, 11) is 1.63. The lowest BCUT2D eigenvalue weighted by Crippen LogP contribution is -2.74. The minimum Gasteiger partial charge on any atom is -0.392 e. The number of amides is 2. The van der Waals surface area contributed by atoms with E-state index in [1.807, 2.05) is 36.6 Å². The highest BCUT2D eigenvalue weighted by molar-refractivity contribution is 8.01. The van der Waals surface area contributed by atoms with Gasteiger partial charge in [-0.3, -0.25) is 9.59 Å². The van der Waals surface area contributed by atoms with Gasteiger partial charge in [-0.15, -0.1) is 23.5 Å². The molecule has 1 heterocycles. The molecule has 0 aromatic heterocycles. The minimum atomic E-state index is -1.29. The SMILES string of the molecule is CS[C@]1(CO)NC(=O)[C@](Cc2ccccc2)(SC)N(C)C1=O. The van der Waals surface area contributed by atoms with E-state index in [9.17, 15) is 14.7 Å². The van der Waals surface area contributed by atoms with Gasteiger partial charge in [0.2, 0.25) is 0 Å². The van der Waals surface area contributed by atoms with Crippen LogP contribution in [0, 0.1) is 0 Å². The van der Waals surface area contributed by atoms with Crippen LogP contribution in [-0.4, -0.2) is 57.7 Å². The molecule has 1 saturated heterocycles. The van der Waals surface area contributed by atoms with Crippen molar-refractivity contribution < 1.29 is 14.7 Å². The van der Waals surface area contributed by atoms with E-state index >= 15 is 0 Å². The molecular formula is C15H20N2O3S2. The molecule has 1 aromatic rings. The molecule has 0 radical (unpaired) electrons. The average molecular weight is 340 g/mol. The highest BCUT2D eigenvalue weighted by Crippen LogP contribution is 2.39. The normalized spacial score (nSPS) is 28.6. The summed E-state index contributed by atoms with van der Waals surface area (Å²) in [5.41, 5.74) is 0.979. The fourth-order valence-electron chi connectivity index (χ4n) is 2.61. The number of nitrogens with one attached hydrogen (secondary N) is 1. The first-order valence-electron chi connectivity index (χ1n) is 6.81. The van der Waals surface area contributed by atoms with Gasteiger partial charge in [-0.1, -0.05) is 30.3 Å². The number of rotatable bonds is 5. The Morgan fingerprint density at radius 3 is 2.32 bits per heavy atom. The van der Waals surface area contributed by atoms with Gasteiger partial charge in [-0.25, -0.2) is 0 Å². The van der Waals surface area contributed by atoms with Crippen LogP contribution in [0.15, 0.2) is 30.3 Å². The van der Waals surface area contributed by atoms with E-state index in [1.54, 1.807) is 13.3 Å². The number of nitrogens with zero attached hydrogens (tertiary/aromatic N) is 1. The molecular weight excluding hydrogens is 320 g/mol. The predicted molar refractivity (Wildman–Crippen MR) is 90.6 cm³/mol. The molecule has 2 rings (SSSR count). The third kappa shape index (κ3) is 2.61. The molecule has 2 N–H and O–H groups in total. The Morgan fingerprint density at radius 1 is 1.18 bits per heavy atom. The minimum absolute atomic E-state index is 0.255. The van der Waals surface area contributed by atoms with Gasteiger partial charge < -0.3 is 15.3 Å². The molecule has 0 spiro atoms. The first-order valence-corrected chi connectivity index (χ1v) is 9.26. The van der Waals surface area contributed by atoms with Gasteiger partial charge >= 0.3 is 0 Å². The van der Waals surface area contributed by atoms with Crippen molar-refractivity contribution in [3.05, 3.63) is 35.9 Å². The highest BCUT2D eigenvalue weighted by atomic mass is 32.2. The Hall–Kier alpha value is -1.18. The highest BCUT2D eigenvalue weighted by Gasteiger charge is 2.57. The van der Waals surface area contributed by atoms with Crippen LogP contribution in [0.1, 0.15) is 5.56 Å². The third-order valence-corrected chi connectivity index (χ3v) is 6.44. The van der Waals surface area contributed by atoms with Crippen molar-refractivity contribution in [3.63, 3.8) is 0 Å². The smallest absolute Gasteiger partial charge is 0.262 e. The molecule has 1 aromatic carbocycles. The maximum Gasteiger partial charge on any atom is 0.262 e. The summed E-state index contributed by atoms with van der Waals surface area (Å²) in [6.45, 7) is -0.432. The molecule has 0 bridgehead atoms. The van der Waals surface area contributed by atoms with Crippen LogP contribution >= 0.6 is 23.5 Å². The van der Waals surface area contributed by atoms with Crippen LogP contribution in [0.3, 0.4) is 0 Å². The number of likely N-dealkylation sites (N-methyl/N-ethyl adjacent to an activating group) is 1. The molecule has 0 unspecified atom stereocenters. The average Bonchev–Trinajstić information content (AvgIpc) is 2.56. The third-order valence-electron chi connectivity index (χ3n) is 4.06. The van der Waals surface area contributed by atoms with Gasteiger partial charge in [0.05, 0.1) is 6.61 Å². The van der Waals surface area contributed by atoms with Crippen molar-refractivity contribution in [2.24, 2.45) is 0 Å². The van der Waals surface area contributed by atoms with Crippen molar-refractivity contribution in [2.75, 3.05) is 26.2 Å². The molecule has 22 heavy (non-hydrogen) atoms. The number of piperazine rings is 1. The molecule has 2 atom stereocenters. The van der Waals surface area contributed by atoms with Gasteiger partial charge in [0.15, 0.2) is 9.74 Å². The molecule has 1 fully saturated rings. The summed E-state index contributed by atoms with van der Waals surface area (Å²) in [5.74, 6) is -0.540. The molecule has 1 aliphatic heterocycles. The fourth-order valence-corrected chi connectivity index (χ4v) is 4.14. The van der Waals surface area contributed by atoms with E-state index in [0.29, 0.717) is 6.42 Å². The number of aliphatic hydroxyl groups excluding tert-OH is 1. The largest absolute Gasteiger partial charge is 0.392 e. The van der Waals surface area contributed by atoms with Crippen LogP contribution in [0.25, 0.3) is 0 Å². The van der Waals surface area contributed by atoms with Gasteiger partial charge in [0.25, 0.3) is 11.8 Å². The van der Waals surface area contributed by atoms with Crippen molar-refractivity contribution in [2.45, 2.75) is 16.2 Å². The molecule has 7 heteroatoms. The summed E-state index contributed by atoms with van der Waals surface area (Å²) in [5, 5.41) is 12.3. The van der Waals surface area contributed by atoms with Crippen LogP contribution in [0.4, 0.5) is 0 Å². The molecule has 0 aliphatic carbocycles. The zero-order valence-electron chi connectivity index (χ0n) is 12.8. The van der Waals surface area contributed by atoms with E-state index in [4.69, 9.17) is 0 Å². The number of benzene rings is 1. The van der Waals surface area contributed by atoms with Crippen molar-refractivity contribution in [3.8, 4) is 0 Å². The number of carbonyl (C=O) groups is 2. The first-order chi connectivity index (χ1) is 10.5. The van der Waals surface area contributed by atoms with Crippen LogP contribution in [-0.2, 0) is 16.0 Å². The monoisotopic (exact) mass is 340 g/mol. The Bertz CT molecular complexity index is 563. The van der Waals surface area contributed by atoms with Crippen molar-refractivity contribution in [1.29, 1.82) is 0 Å². The second kappa shape index (κ2) is 6.52. The lowest BCUT2D eigenvalue weighted by atomic mass is 9.99. The summed E-state index contributed by atoms with van der Waals surface area (Å²) in [6, 6.07) is 9.60. The standard InChI is InChI=1S/C15H20N2O3S2/c1-17-13(20)14(10-18,21-2)16-12(19)15(17,22-3)9-11-7-5-4-6-8-11/h4-8,18H,9-10H2,1-3H3,(H,16,19)/t14-,15-/m0/s1. The molecule has 120 valence electrons. The zero-order chi connectivity index (χ0) is 16.4. The topological polar surface area (TPSA) is 69.6 Å². The summed E-state index contributed by atoms with van der Waals surface area (Å²) < 4.78 is 0. The molecule has 1 aliphatic rings. The number of carbonyl (C=O) groups excluding carboxylic acids is 2.